The first-order valence-electron chi connectivity index (χ1n) is 9.52. The van der Waals surface area contributed by atoms with Crippen LogP contribution in [0.25, 0.3) is 11.3 Å². The molecule has 3 atom stereocenters. The molecular weight excluding hydrogens is 368 g/mol. The Morgan fingerprint density at radius 1 is 1.28 bits per heavy atom. The van der Waals surface area contributed by atoms with Crippen molar-refractivity contribution in [1.29, 1.82) is 0 Å². The number of hydrogen-bond donors (Lipinski definition) is 2. The number of hydrogen-bond acceptors (Lipinski definition) is 7. The molecule has 29 heavy (non-hydrogen) atoms. The molecule has 0 spiro atoms. The average Bonchev–Trinajstić information content (AvgIpc) is 3.41. The lowest BCUT2D eigenvalue weighted by Crippen LogP contribution is -2.24. The van der Waals surface area contributed by atoms with Crippen molar-refractivity contribution in [3.05, 3.63) is 54.1 Å². The molecule has 152 valence electrons. The van der Waals surface area contributed by atoms with Crippen molar-refractivity contribution < 1.29 is 9.90 Å². The Labute approximate surface area is 170 Å². The Morgan fingerprint density at radius 3 is 2.76 bits per heavy atom. The van der Waals surface area contributed by atoms with Gasteiger partial charge in [0.05, 0.1) is 18.1 Å². The summed E-state index contributed by atoms with van der Waals surface area (Å²) in [5, 5.41) is 22.2. The van der Waals surface area contributed by atoms with E-state index in [9.17, 15) is 4.79 Å². The number of rotatable bonds is 7. The predicted octanol–water partition coefficient (Wildman–Crippen LogP) is 2.06. The number of nitrogens with one attached hydrogen (secondary N) is 1. The van der Waals surface area contributed by atoms with E-state index in [1.807, 2.05) is 38.4 Å². The molecule has 1 saturated carbocycles. The topological polar surface area (TPSA) is 108 Å². The number of H-pyrrole nitrogens is 1. The molecular formula is C21H26N6O2. The van der Waals surface area contributed by atoms with Crippen molar-refractivity contribution in [3.63, 3.8) is 0 Å². The molecule has 3 aromatic rings. The first-order chi connectivity index (χ1) is 14.2. The number of aliphatic hydroxyl groups is 1. The fourth-order valence-electron chi connectivity index (χ4n) is 3.56. The van der Waals surface area contributed by atoms with E-state index in [1.54, 1.807) is 12.4 Å². The third-order valence-electron chi connectivity index (χ3n) is 5.29. The van der Waals surface area contributed by atoms with Crippen LogP contribution in [0.3, 0.4) is 0 Å². The number of anilines is 1. The highest BCUT2D eigenvalue weighted by atomic mass is 16.2. The number of aryl methyl sites for hydroxylation is 1. The first kappa shape index (κ1) is 20.6. The number of aldehydes is 1. The molecule has 4 rings (SSSR count). The second-order valence-corrected chi connectivity index (χ2v) is 7.16. The van der Waals surface area contributed by atoms with Crippen molar-refractivity contribution in [1.82, 2.24) is 25.4 Å². The Morgan fingerprint density at radius 2 is 2.10 bits per heavy atom. The summed E-state index contributed by atoms with van der Waals surface area (Å²) >= 11 is 0. The third-order valence-corrected chi connectivity index (χ3v) is 5.29. The van der Waals surface area contributed by atoms with Crippen molar-refractivity contribution in [2.24, 2.45) is 11.8 Å². The molecule has 3 aromatic heterocycles. The first-order valence-corrected chi connectivity index (χ1v) is 9.52. The van der Waals surface area contributed by atoms with Crippen LogP contribution in [0.1, 0.15) is 17.7 Å². The highest BCUT2D eigenvalue weighted by Gasteiger charge is 2.46. The maximum Gasteiger partial charge on any atom is 0.150 e. The molecule has 0 bridgehead atoms. The van der Waals surface area contributed by atoms with Crippen LogP contribution in [-0.4, -0.2) is 57.0 Å². The van der Waals surface area contributed by atoms with Gasteiger partial charge in [0.25, 0.3) is 0 Å². The molecule has 2 N–H and O–H groups in total. The largest absolute Gasteiger partial charge is 0.400 e. The summed E-state index contributed by atoms with van der Waals surface area (Å²) in [7, 11) is 3.03. The number of carbonyl (C=O) groups excluding carboxylic acids is 1. The minimum absolute atomic E-state index is 0.00441. The van der Waals surface area contributed by atoms with E-state index in [0.29, 0.717) is 12.0 Å². The molecule has 1 aliphatic carbocycles. The second-order valence-electron chi connectivity index (χ2n) is 7.16. The van der Waals surface area contributed by atoms with Gasteiger partial charge in [-0.15, -0.1) is 0 Å². The van der Waals surface area contributed by atoms with Crippen LogP contribution in [0, 0.1) is 18.8 Å². The van der Waals surface area contributed by atoms with Crippen molar-refractivity contribution in [2.45, 2.75) is 25.8 Å². The lowest BCUT2D eigenvalue weighted by molar-refractivity contribution is -0.111. The van der Waals surface area contributed by atoms with Crippen molar-refractivity contribution in [3.8, 4) is 11.3 Å². The van der Waals surface area contributed by atoms with Gasteiger partial charge < -0.3 is 14.8 Å². The van der Waals surface area contributed by atoms with Gasteiger partial charge in [-0.2, -0.15) is 15.3 Å². The number of aromatic nitrogens is 5. The Balaban J connectivity index is 0.00000117. The lowest BCUT2D eigenvalue weighted by Gasteiger charge is -2.18. The molecule has 0 amide bonds. The van der Waals surface area contributed by atoms with Crippen LogP contribution in [0.5, 0.6) is 0 Å². The second kappa shape index (κ2) is 9.38. The molecule has 0 saturated heterocycles. The van der Waals surface area contributed by atoms with Gasteiger partial charge in [-0.1, -0.05) is 6.07 Å². The summed E-state index contributed by atoms with van der Waals surface area (Å²) in [4.78, 5) is 18.2. The number of pyridine rings is 1. The minimum Gasteiger partial charge on any atom is -0.400 e. The van der Waals surface area contributed by atoms with Crippen LogP contribution in [0.15, 0.2) is 42.9 Å². The van der Waals surface area contributed by atoms with Gasteiger partial charge in [0.15, 0.2) is 5.82 Å². The van der Waals surface area contributed by atoms with E-state index >= 15 is 0 Å². The van der Waals surface area contributed by atoms with E-state index in [-0.39, 0.29) is 5.92 Å². The monoisotopic (exact) mass is 394 g/mol. The summed E-state index contributed by atoms with van der Waals surface area (Å²) in [6, 6.07) is 8.27. The van der Waals surface area contributed by atoms with Gasteiger partial charge in [0, 0.05) is 49.6 Å². The Kier molecular flexibility index (Phi) is 6.66. The van der Waals surface area contributed by atoms with Gasteiger partial charge in [0.1, 0.15) is 6.29 Å². The predicted molar refractivity (Wildman–Crippen MR) is 110 cm³/mol. The number of aromatic amines is 1. The highest BCUT2D eigenvalue weighted by molar-refractivity contribution is 5.62. The summed E-state index contributed by atoms with van der Waals surface area (Å²) in [6.07, 6.45) is 8.06. The van der Waals surface area contributed by atoms with Gasteiger partial charge >= 0.3 is 0 Å². The van der Waals surface area contributed by atoms with Crippen LogP contribution in [0.4, 0.5) is 5.82 Å². The van der Waals surface area contributed by atoms with Gasteiger partial charge in [-0.25, -0.2) is 0 Å². The molecule has 1 fully saturated rings. The molecule has 0 radical (unpaired) electrons. The van der Waals surface area contributed by atoms with Gasteiger partial charge in [-0.05, 0) is 43.4 Å². The summed E-state index contributed by atoms with van der Waals surface area (Å²) in [6.45, 7) is 1.97. The lowest BCUT2D eigenvalue weighted by atomic mass is 9.96. The van der Waals surface area contributed by atoms with Crippen LogP contribution in [0.2, 0.25) is 0 Å². The molecule has 3 heterocycles. The Bertz CT molecular complexity index is 912. The van der Waals surface area contributed by atoms with Crippen LogP contribution in [-0.2, 0) is 11.2 Å². The zero-order chi connectivity index (χ0) is 20.8. The number of aliphatic hydroxyl groups excluding tert-OH is 1. The van der Waals surface area contributed by atoms with Gasteiger partial charge in [0.2, 0.25) is 0 Å². The highest BCUT2D eigenvalue weighted by Crippen LogP contribution is 2.43. The zero-order valence-corrected chi connectivity index (χ0v) is 16.9. The SMILES string of the molecule is CO.Cc1ccc(CC(C=O)C2CC2N(C)c2cc(-c3ccnnc3)[nH]n2)cn1. The van der Waals surface area contributed by atoms with E-state index in [0.717, 1.165) is 54.6 Å². The van der Waals surface area contributed by atoms with Crippen LogP contribution >= 0.6 is 0 Å². The maximum absolute atomic E-state index is 11.7. The van der Waals surface area contributed by atoms with Crippen molar-refractivity contribution >= 4 is 12.1 Å². The Hall–Kier alpha value is -3.13. The molecule has 3 unspecified atom stereocenters. The van der Waals surface area contributed by atoms with Gasteiger partial charge in [-0.3, -0.25) is 10.1 Å². The summed E-state index contributed by atoms with van der Waals surface area (Å²) < 4.78 is 0. The van der Waals surface area contributed by atoms with E-state index < -0.39 is 0 Å². The molecule has 0 aromatic carbocycles. The minimum atomic E-state index is 0.00441. The molecule has 8 nitrogen and oxygen atoms in total. The van der Waals surface area contributed by atoms with Crippen LogP contribution < -0.4 is 4.90 Å². The molecule has 0 aliphatic heterocycles. The van der Waals surface area contributed by atoms with Crippen molar-refractivity contribution in [2.75, 3.05) is 19.1 Å². The smallest absolute Gasteiger partial charge is 0.150 e. The number of nitrogens with zero attached hydrogens (tertiary/aromatic N) is 5. The standard InChI is InChI=1S/C20H22N6O.CH4O/c1-13-3-4-14(10-21-13)7-16(12-27)17-8-19(17)26(2)20-9-18(24-25-20)15-5-6-22-23-11-15;1-2/h3-6,9-12,16-17,19H,7-8H2,1-2H3,(H,24,25);2H,1H3. The van der Waals surface area contributed by atoms with E-state index in [2.05, 4.69) is 36.3 Å². The average molecular weight is 394 g/mol. The number of carbonyl (C=O) groups is 1. The normalized spacial score (nSPS) is 18.3. The maximum atomic E-state index is 11.7. The summed E-state index contributed by atoms with van der Waals surface area (Å²) in [5.41, 5.74) is 3.95. The fraction of sp³-hybridized carbons (Fsp3) is 0.381. The molecule has 1 aliphatic rings. The third kappa shape index (κ3) is 4.83. The molecule has 8 heteroatoms. The fourth-order valence-corrected chi connectivity index (χ4v) is 3.56. The summed E-state index contributed by atoms with van der Waals surface area (Å²) in [5.74, 6) is 1.22. The van der Waals surface area contributed by atoms with E-state index in [4.69, 9.17) is 5.11 Å². The zero-order valence-electron chi connectivity index (χ0n) is 16.9. The van der Waals surface area contributed by atoms with E-state index in [1.165, 1.54) is 0 Å². The quantitative estimate of drug-likeness (QED) is 0.591.